The average molecular weight is 292 g/mol. The Hall–Kier alpha value is -1.20. The molecule has 1 atom stereocenters. The molecule has 4 nitrogen and oxygen atoms in total. The second-order valence-electron chi connectivity index (χ2n) is 5.45. The molecule has 5 heteroatoms. The van der Waals surface area contributed by atoms with Crippen molar-refractivity contribution in [1.29, 1.82) is 0 Å². The summed E-state index contributed by atoms with van der Waals surface area (Å²) in [5, 5.41) is 0.764. The maximum absolute atomic E-state index is 5.46. The standard InChI is InChI=1S/C15H24N4S/c1-12(14-10-6-7-11-16-14)17-18-15(20)19(2)13-8-4-3-5-9-13/h6-7,10-13,17H,3-5,8-9H2,1-2H3,(H,18,20). The van der Waals surface area contributed by atoms with E-state index < -0.39 is 0 Å². The molecule has 0 amide bonds. The fourth-order valence-electron chi connectivity index (χ4n) is 2.60. The monoisotopic (exact) mass is 292 g/mol. The van der Waals surface area contributed by atoms with Crippen LogP contribution >= 0.6 is 12.2 Å². The van der Waals surface area contributed by atoms with Gasteiger partial charge in [0, 0.05) is 19.3 Å². The van der Waals surface area contributed by atoms with Crippen molar-refractivity contribution in [1.82, 2.24) is 20.7 Å². The summed E-state index contributed by atoms with van der Waals surface area (Å²) < 4.78 is 0. The number of aromatic nitrogens is 1. The van der Waals surface area contributed by atoms with Crippen LogP contribution in [0.25, 0.3) is 0 Å². The summed E-state index contributed by atoms with van der Waals surface area (Å²) in [5.74, 6) is 0. The molecule has 1 aliphatic rings. The first-order valence-electron chi connectivity index (χ1n) is 7.37. The van der Waals surface area contributed by atoms with Crippen LogP contribution in [0.5, 0.6) is 0 Å². The van der Waals surface area contributed by atoms with Gasteiger partial charge in [0.25, 0.3) is 0 Å². The second-order valence-corrected chi connectivity index (χ2v) is 5.84. The first-order valence-corrected chi connectivity index (χ1v) is 7.78. The first-order chi connectivity index (χ1) is 9.68. The van der Waals surface area contributed by atoms with Gasteiger partial charge < -0.3 is 4.90 Å². The van der Waals surface area contributed by atoms with Crippen molar-refractivity contribution < 1.29 is 0 Å². The maximum atomic E-state index is 5.46. The summed E-state index contributed by atoms with van der Waals surface area (Å²) in [6.07, 6.45) is 8.28. The van der Waals surface area contributed by atoms with Crippen LogP contribution in [-0.2, 0) is 0 Å². The Morgan fingerprint density at radius 1 is 1.35 bits per heavy atom. The van der Waals surface area contributed by atoms with Gasteiger partial charge in [0.1, 0.15) is 0 Å². The van der Waals surface area contributed by atoms with Gasteiger partial charge in [-0.2, -0.15) is 0 Å². The van der Waals surface area contributed by atoms with Crippen LogP contribution in [0, 0.1) is 0 Å². The molecule has 1 aromatic rings. The lowest BCUT2D eigenvalue weighted by Crippen LogP contribution is -2.49. The van der Waals surface area contributed by atoms with Gasteiger partial charge in [0.05, 0.1) is 11.7 Å². The Kier molecular flexibility index (Phi) is 5.73. The van der Waals surface area contributed by atoms with Gasteiger partial charge in [-0.25, -0.2) is 5.43 Å². The molecule has 0 bridgehead atoms. The lowest BCUT2D eigenvalue weighted by Gasteiger charge is -2.33. The normalized spacial score (nSPS) is 17.5. The number of pyridine rings is 1. The molecule has 2 N–H and O–H groups in total. The van der Waals surface area contributed by atoms with Crippen molar-refractivity contribution in [2.24, 2.45) is 0 Å². The number of nitrogens with one attached hydrogen (secondary N) is 2. The number of nitrogens with zero attached hydrogens (tertiary/aromatic N) is 2. The third-order valence-corrected chi connectivity index (χ3v) is 4.36. The van der Waals surface area contributed by atoms with Crippen molar-refractivity contribution in [2.75, 3.05) is 7.05 Å². The summed E-state index contributed by atoms with van der Waals surface area (Å²) in [6.45, 7) is 2.07. The van der Waals surface area contributed by atoms with Crippen LogP contribution in [0.4, 0.5) is 0 Å². The zero-order chi connectivity index (χ0) is 14.4. The average Bonchev–Trinajstić information content (AvgIpc) is 2.53. The molecule has 0 aromatic carbocycles. The third kappa shape index (κ3) is 4.15. The largest absolute Gasteiger partial charge is 0.348 e. The van der Waals surface area contributed by atoms with Crippen molar-refractivity contribution >= 4 is 17.3 Å². The van der Waals surface area contributed by atoms with E-state index in [4.69, 9.17) is 12.2 Å². The molecule has 2 rings (SSSR count). The van der Waals surface area contributed by atoms with E-state index in [1.165, 1.54) is 32.1 Å². The predicted molar refractivity (Wildman–Crippen MR) is 86.2 cm³/mol. The van der Waals surface area contributed by atoms with Crippen LogP contribution < -0.4 is 10.9 Å². The molecular weight excluding hydrogens is 268 g/mol. The quantitative estimate of drug-likeness (QED) is 0.659. The fraction of sp³-hybridized carbons (Fsp3) is 0.600. The smallest absolute Gasteiger partial charge is 0.183 e. The highest BCUT2D eigenvalue weighted by molar-refractivity contribution is 7.80. The highest BCUT2D eigenvalue weighted by Gasteiger charge is 2.20. The molecule has 1 unspecified atom stereocenters. The maximum Gasteiger partial charge on any atom is 0.183 e. The lowest BCUT2D eigenvalue weighted by molar-refractivity contribution is 0.272. The summed E-state index contributed by atoms with van der Waals surface area (Å²) in [5.41, 5.74) is 7.37. The molecule has 0 spiro atoms. The van der Waals surface area contributed by atoms with Gasteiger partial charge in [0.15, 0.2) is 5.11 Å². The van der Waals surface area contributed by atoms with Gasteiger partial charge in [-0.3, -0.25) is 10.4 Å². The van der Waals surface area contributed by atoms with E-state index in [-0.39, 0.29) is 6.04 Å². The molecule has 1 aliphatic carbocycles. The molecule has 1 saturated carbocycles. The minimum Gasteiger partial charge on any atom is -0.348 e. The molecule has 0 radical (unpaired) electrons. The number of rotatable bonds is 4. The van der Waals surface area contributed by atoms with Crippen LogP contribution in [0.15, 0.2) is 24.4 Å². The predicted octanol–water partition coefficient (Wildman–Crippen LogP) is 2.79. The van der Waals surface area contributed by atoms with Gasteiger partial charge in [-0.1, -0.05) is 25.3 Å². The zero-order valence-electron chi connectivity index (χ0n) is 12.3. The van der Waals surface area contributed by atoms with Crippen molar-refractivity contribution in [2.45, 2.75) is 51.1 Å². The molecule has 1 aromatic heterocycles. The van der Waals surface area contributed by atoms with Crippen LogP contribution in [0.3, 0.4) is 0 Å². The van der Waals surface area contributed by atoms with Crippen molar-refractivity contribution in [3.8, 4) is 0 Å². The number of hydrazine groups is 1. The summed E-state index contributed by atoms with van der Waals surface area (Å²) in [6, 6.07) is 6.62. The van der Waals surface area contributed by atoms with E-state index in [1.54, 1.807) is 6.20 Å². The zero-order valence-corrected chi connectivity index (χ0v) is 13.1. The molecule has 1 heterocycles. The van der Waals surface area contributed by atoms with E-state index in [9.17, 15) is 0 Å². The van der Waals surface area contributed by atoms with Crippen LogP contribution in [0.2, 0.25) is 0 Å². The molecule has 0 saturated heterocycles. The van der Waals surface area contributed by atoms with Crippen molar-refractivity contribution in [3.63, 3.8) is 0 Å². The van der Waals surface area contributed by atoms with Gasteiger partial charge in [-0.15, -0.1) is 0 Å². The summed E-state index contributed by atoms with van der Waals surface area (Å²) >= 11 is 5.46. The summed E-state index contributed by atoms with van der Waals surface area (Å²) in [7, 11) is 2.08. The van der Waals surface area contributed by atoms with Crippen molar-refractivity contribution in [3.05, 3.63) is 30.1 Å². The Bertz CT molecular complexity index is 417. The SMILES string of the molecule is CC(NNC(=S)N(C)C1CCCCC1)c1ccccn1. The minimum atomic E-state index is 0.119. The molecule has 20 heavy (non-hydrogen) atoms. The van der Waals surface area contributed by atoms with Crippen LogP contribution in [0.1, 0.15) is 50.8 Å². The van der Waals surface area contributed by atoms with Gasteiger partial charge in [-0.05, 0) is 44.1 Å². The van der Waals surface area contributed by atoms with Gasteiger partial charge >= 0.3 is 0 Å². The molecule has 110 valence electrons. The topological polar surface area (TPSA) is 40.2 Å². The van der Waals surface area contributed by atoms with E-state index in [0.717, 1.165) is 10.8 Å². The lowest BCUT2D eigenvalue weighted by atomic mass is 9.95. The minimum absolute atomic E-state index is 0.119. The highest BCUT2D eigenvalue weighted by Crippen LogP contribution is 2.21. The Labute approximate surface area is 126 Å². The number of hydrogen-bond donors (Lipinski definition) is 2. The fourth-order valence-corrected chi connectivity index (χ4v) is 2.81. The molecule has 0 aliphatic heterocycles. The van der Waals surface area contributed by atoms with E-state index >= 15 is 0 Å². The Morgan fingerprint density at radius 3 is 2.75 bits per heavy atom. The number of thiocarbonyl (C=S) groups is 1. The first kappa shape index (κ1) is 15.2. The molecular formula is C15H24N4S. The number of hydrogen-bond acceptors (Lipinski definition) is 3. The van der Waals surface area contributed by atoms with Gasteiger partial charge in [0.2, 0.25) is 0 Å². The van der Waals surface area contributed by atoms with E-state index in [1.807, 2.05) is 18.2 Å². The Morgan fingerprint density at radius 2 is 2.10 bits per heavy atom. The highest BCUT2D eigenvalue weighted by atomic mass is 32.1. The van der Waals surface area contributed by atoms with Crippen LogP contribution in [-0.4, -0.2) is 28.1 Å². The molecule has 1 fully saturated rings. The van der Waals surface area contributed by atoms with E-state index in [2.05, 4.69) is 34.7 Å². The second kappa shape index (κ2) is 7.55. The summed E-state index contributed by atoms with van der Waals surface area (Å²) in [4.78, 5) is 6.52. The van der Waals surface area contributed by atoms with E-state index in [0.29, 0.717) is 6.04 Å². The third-order valence-electron chi connectivity index (χ3n) is 3.97. The Balaban J connectivity index is 1.79.